The zero-order chi connectivity index (χ0) is 20.6. The smallest absolute Gasteiger partial charge is 0.258 e. The van der Waals surface area contributed by atoms with Gasteiger partial charge in [-0.3, -0.25) is 9.59 Å². The molecule has 154 valence electrons. The Morgan fingerprint density at radius 3 is 2.38 bits per heavy atom. The van der Waals surface area contributed by atoms with Gasteiger partial charge in [-0.1, -0.05) is 24.3 Å². The molecule has 2 amide bonds. The van der Waals surface area contributed by atoms with Crippen LogP contribution in [0.5, 0.6) is 5.75 Å². The number of anilines is 1. The third-order valence-electron chi connectivity index (χ3n) is 4.82. The van der Waals surface area contributed by atoms with Crippen molar-refractivity contribution in [3.63, 3.8) is 0 Å². The number of hydrogen-bond donors (Lipinski definition) is 2. The van der Waals surface area contributed by atoms with Crippen LogP contribution < -0.4 is 20.7 Å². The highest BCUT2D eigenvalue weighted by Gasteiger charge is 2.13. The molecule has 1 unspecified atom stereocenters. The quantitative estimate of drug-likeness (QED) is 0.709. The number of carbonyl (C=O) groups is 2. The minimum absolute atomic E-state index is 0.0780. The van der Waals surface area contributed by atoms with E-state index in [-0.39, 0.29) is 30.9 Å². The molecule has 1 heterocycles. The van der Waals surface area contributed by atoms with E-state index in [1.807, 2.05) is 19.1 Å². The van der Waals surface area contributed by atoms with Crippen molar-refractivity contribution < 1.29 is 19.1 Å². The molecular weight excluding hydrogens is 370 g/mol. The number of morpholine rings is 1. The van der Waals surface area contributed by atoms with E-state index in [4.69, 9.17) is 15.2 Å². The number of carbonyl (C=O) groups excluding carboxylic acids is 2. The molecular formula is C22H27N3O4. The number of nitrogens with two attached hydrogens (primary N) is 1. The lowest BCUT2D eigenvalue weighted by Gasteiger charge is -2.29. The summed E-state index contributed by atoms with van der Waals surface area (Å²) in [5, 5.41) is 2.94. The van der Waals surface area contributed by atoms with Crippen molar-refractivity contribution in [2.24, 2.45) is 5.73 Å². The van der Waals surface area contributed by atoms with Gasteiger partial charge in [-0.15, -0.1) is 0 Å². The Bertz CT molecular complexity index is 815. The van der Waals surface area contributed by atoms with Crippen LogP contribution in [-0.4, -0.2) is 44.7 Å². The van der Waals surface area contributed by atoms with Crippen LogP contribution in [0.15, 0.2) is 48.5 Å². The topological polar surface area (TPSA) is 93.9 Å². The summed E-state index contributed by atoms with van der Waals surface area (Å²) in [6.45, 7) is 5.16. The van der Waals surface area contributed by atoms with Crippen LogP contribution in [-0.2, 0) is 20.7 Å². The Balaban J connectivity index is 1.46. The Labute approximate surface area is 170 Å². The van der Waals surface area contributed by atoms with Gasteiger partial charge in [-0.2, -0.15) is 0 Å². The van der Waals surface area contributed by atoms with Crippen LogP contribution in [0, 0.1) is 0 Å². The number of amides is 2. The van der Waals surface area contributed by atoms with Crippen molar-refractivity contribution in [2.45, 2.75) is 19.4 Å². The summed E-state index contributed by atoms with van der Waals surface area (Å²) in [5.74, 6) is -0.0168. The van der Waals surface area contributed by atoms with Crippen LogP contribution in [0.2, 0.25) is 0 Å². The molecule has 29 heavy (non-hydrogen) atoms. The highest BCUT2D eigenvalue weighted by molar-refractivity contribution is 5.78. The van der Waals surface area contributed by atoms with Gasteiger partial charge >= 0.3 is 0 Å². The number of nitrogens with one attached hydrogen (secondary N) is 1. The fourth-order valence-electron chi connectivity index (χ4n) is 3.22. The Morgan fingerprint density at radius 1 is 1.10 bits per heavy atom. The second-order valence-corrected chi connectivity index (χ2v) is 7.06. The molecule has 1 aliphatic rings. The first kappa shape index (κ1) is 20.7. The summed E-state index contributed by atoms with van der Waals surface area (Å²) in [6.07, 6.45) is 0.183. The molecule has 0 bridgehead atoms. The van der Waals surface area contributed by atoms with Crippen molar-refractivity contribution in [3.8, 4) is 5.75 Å². The molecule has 1 saturated heterocycles. The third kappa shape index (κ3) is 6.22. The second-order valence-electron chi connectivity index (χ2n) is 7.06. The lowest BCUT2D eigenvalue weighted by atomic mass is 10.1. The van der Waals surface area contributed by atoms with E-state index < -0.39 is 0 Å². The Morgan fingerprint density at radius 2 is 1.76 bits per heavy atom. The maximum atomic E-state index is 12.2. The number of primary amides is 1. The summed E-state index contributed by atoms with van der Waals surface area (Å²) in [4.78, 5) is 25.4. The van der Waals surface area contributed by atoms with Crippen LogP contribution in [0.3, 0.4) is 0 Å². The normalized spacial score (nSPS) is 14.9. The summed E-state index contributed by atoms with van der Waals surface area (Å²) in [6, 6.07) is 15.1. The van der Waals surface area contributed by atoms with E-state index in [9.17, 15) is 9.59 Å². The highest BCUT2D eigenvalue weighted by Crippen LogP contribution is 2.20. The van der Waals surface area contributed by atoms with Gasteiger partial charge in [0.05, 0.1) is 25.7 Å². The van der Waals surface area contributed by atoms with E-state index in [0.29, 0.717) is 5.75 Å². The Hall–Kier alpha value is -3.06. The average Bonchev–Trinajstić information content (AvgIpc) is 2.73. The van der Waals surface area contributed by atoms with Gasteiger partial charge < -0.3 is 25.4 Å². The predicted octanol–water partition coefficient (Wildman–Crippen LogP) is 1.81. The fourth-order valence-corrected chi connectivity index (χ4v) is 3.22. The molecule has 2 aromatic rings. The van der Waals surface area contributed by atoms with E-state index in [2.05, 4.69) is 22.3 Å². The molecule has 7 heteroatoms. The fraction of sp³-hybridized carbons (Fsp3) is 0.364. The van der Waals surface area contributed by atoms with Gasteiger partial charge in [-0.25, -0.2) is 0 Å². The predicted molar refractivity (Wildman–Crippen MR) is 111 cm³/mol. The molecule has 2 aromatic carbocycles. The zero-order valence-electron chi connectivity index (χ0n) is 16.6. The molecule has 0 aromatic heterocycles. The Kier molecular flexibility index (Phi) is 7.08. The summed E-state index contributed by atoms with van der Waals surface area (Å²) in [5.41, 5.74) is 8.18. The molecule has 0 radical (unpaired) electrons. The lowest BCUT2D eigenvalue weighted by Crippen LogP contribution is -2.36. The minimum Gasteiger partial charge on any atom is -0.484 e. The molecule has 1 atom stereocenters. The first-order valence-electron chi connectivity index (χ1n) is 9.73. The summed E-state index contributed by atoms with van der Waals surface area (Å²) < 4.78 is 10.9. The summed E-state index contributed by atoms with van der Waals surface area (Å²) in [7, 11) is 0. The average molecular weight is 397 g/mol. The van der Waals surface area contributed by atoms with E-state index >= 15 is 0 Å². The molecule has 3 N–H and O–H groups in total. The molecule has 1 fully saturated rings. The molecule has 0 saturated carbocycles. The monoisotopic (exact) mass is 397 g/mol. The molecule has 0 spiro atoms. The minimum atomic E-state index is -0.384. The number of rotatable bonds is 8. The molecule has 1 aliphatic heterocycles. The summed E-state index contributed by atoms with van der Waals surface area (Å²) >= 11 is 0. The van der Waals surface area contributed by atoms with Crippen LogP contribution in [0.4, 0.5) is 5.69 Å². The van der Waals surface area contributed by atoms with E-state index in [1.165, 1.54) is 5.69 Å². The van der Waals surface area contributed by atoms with Crippen LogP contribution in [0.1, 0.15) is 24.1 Å². The lowest BCUT2D eigenvalue weighted by molar-refractivity contribution is -0.123. The third-order valence-corrected chi connectivity index (χ3v) is 4.82. The molecule has 0 aliphatic carbocycles. The van der Waals surface area contributed by atoms with Gasteiger partial charge in [0.2, 0.25) is 5.91 Å². The standard InChI is InChI=1S/C22H27N3O4/c1-16(18-4-6-19(7-5-18)25-10-12-28-13-11-25)24-22(27)15-29-20-8-2-17(3-9-20)14-21(23)26/h2-9,16H,10-15H2,1H3,(H2,23,26)(H,24,27). The van der Waals surface area contributed by atoms with Crippen LogP contribution in [0.25, 0.3) is 0 Å². The first-order chi connectivity index (χ1) is 14.0. The molecule has 3 rings (SSSR count). The van der Waals surface area contributed by atoms with Gasteiger partial charge in [-0.05, 0) is 42.3 Å². The van der Waals surface area contributed by atoms with E-state index in [1.54, 1.807) is 24.3 Å². The number of hydrogen-bond acceptors (Lipinski definition) is 5. The van der Waals surface area contributed by atoms with Crippen molar-refractivity contribution >= 4 is 17.5 Å². The van der Waals surface area contributed by atoms with Gasteiger partial charge in [0.25, 0.3) is 5.91 Å². The van der Waals surface area contributed by atoms with E-state index in [0.717, 1.165) is 37.4 Å². The second kappa shape index (κ2) is 9.93. The largest absolute Gasteiger partial charge is 0.484 e. The first-order valence-corrected chi connectivity index (χ1v) is 9.73. The number of nitrogens with zero attached hydrogens (tertiary/aromatic N) is 1. The van der Waals surface area contributed by atoms with Crippen molar-refractivity contribution in [2.75, 3.05) is 37.8 Å². The maximum absolute atomic E-state index is 12.2. The van der Waals surface area contributed by atoms with Crippen molar-refractivity contribution in [3.05, 3.63) is 59.7 Å². The SMILES string of the molecule is CC(NC(=O)COc1ccc(CC(N)=O)cc1)c1ccc(N2CCOCC2)cc1. The van der Waals surface area contributed by atoms with Gasteiger partial charge in [0.15, 0.2) is 6.61 Å². The van der Waals surface area contributed by atoms with Gasteiger partial charge in [0, 0.05) is 18.8 Å². The van der Waals surface area contributed by atoms with Crippen molar-refractivity contribution in [1.29, 1.82) is 0 Å². The number of ether oxygens (including phenoxy) is 2. The van der Waals surface area contributed by atoms with Gasteiger partial charge in [0.1, 0.15) is 5.75 Å². The maximum Gasteiger partial charge on any atom is 0.258 e. The van der Waals surface area contributed by atoms with Crippen molar-refractivity contribution in [1.82, 2.24) is 5.32 Å². The molecule has 7 nitrogen and oxygen atoms in total. The van der Waals surface area contributed by atoms with Crippen LogP contribution >= 0.6 is 0 Å². The highest BCUT2D eigenvalue weighted by atomic mass is 16.5. The number of benzene rings is 2. The zero-order valence-corrected chi connectivity index (χ0v) is 16.6.